The number of ether oxygens (including phenoxy) is 1. The predicted molar refractivity (Wildman–Crippen MR) is 88.3 cm³/mol. The van der Waals surface area contributed by atoms with Gasteiger partial charge in [0.2, 0.25) is 5.91 Å². The first-order valence-electron chi connectivity index (χ1n) is 8.10. The number of hydrogen-bond acceptors (Lipinski definition) is 3. The van der Waals surface area contributed by atoms with Crippen LogP contribution in [0.2, 0.25) is 0 Å². The maximum atomic E-state index is 13.0. The number of amides is 1. The number of nitrogens with zero attached hydrogens (tertiary/aromatic N) is 1. The fourth-order valence-corrected chi connectivity index (χ4v) is 3.21. The second kappa shape index (κ2) is 6.39. The lowest BCUT2D eigenvalue weighted by Crippen LogP contribution is -2.76. The molecule has 0 bridgehead atoms. The highest BCUT2D eigenvalue weighted by molar-refractivity contribution is 5.88. The SMILES string of the molecule is CCOC1CC(N)(C(=O)N(CC)Cc2ccccc2)C1(C)C. The Morgan fingerprint density at radius 3 is 2.45 bits per heavy atom. The molecular formula is C18H28N2O2. The molecule has 0 aromatic heterocycles. The van der Waals surface area contributed by atoms with Gasteiger partial charge in [0.15, 0.2) is 0 Å². The van der Waals surface area contributed by atoms with Crippen molar-refractivity contribution in [3.63, 3.8) is 0 Å². The van der Waals surface area contributed by atoms with Crippen molar-refractivity contribution in [2.75, 3.05) is 13.2 Å². The van der Waals surface area contributed by atoms with Gasteiger partial charge in [-0.2, -0.15) is 0 Å². The average Bonchev–Trinajstić information content (AvgIpc) is 2.52. The largest absolute Gasteiger partial charge is 0.378 e. The lowest BCUT2D eigenvalue weighted by Gasteiger charge is -2.58. The van der Waals surface area contributed by atoms with Crippen LogP contribution < -0.4 is 5.73 Å². The molecule has 4 heteroatoms. The minimum absolute atomic E-state index is 0.0276. The highest BCUT2D eigenvalue weighted by Gasteiger charge is 2.63. The van der Waals surface area contributed by atoms with E-state index in [-0.39, 0.29) is 17.4 Å². The van der Waals surface area contributed by atoms with E-state index >= 15 is 0 Å². The maximum Gasteiger partial charge on any atom is 0.243 e. The minimum Gasteiger partial charge on any atom is -0.378 e. The lowest BCUT2D eigenvalue weighted by atomic mass is 9.54. The van der Waals surface area contributed by atoms with E-state index in [0.29, 0.717) is 26.1 Å². The normalized spacial score (nSPS) is 26.3. The first kappa shape index (κ1) is 17.0. The Labute approximate surface area is 133 Å². The average molecular weight is 304 g/mol. The van der Waals surface area contributed by atoms with E-state index in [1.807, 2.05) is 62.9 Å². The van der Waals surface area contributed by atoms with Crippen molar-refractivity contribution in [2.45, 2.75) is 52.3 Å². The zero-order valence-electron chi connectivity index (χ0n) is 14.1. The molecule has 1 aliphatic rings. The second-order valence-corrected chi connectivity index (χ2v) is 6.65. The summed E-state index contributed by atoms with van der Waals surface area (Å²) in [6.07, 6.45) is 0.652. The van der Waals surface area contributed by atoms with Gasteiger partial charge >= 0.3 is 0 Å². The molecule has 0 saturated heterocycles. The Morgan fingerprint density at radius 2 is 1.95 bits per heavy atom. The molecule has 0 radical (unpaired) electrons. The first-order chi connectivity index (χ1) is 10.4. The molecule has 1 fully saturated rings. The van der Waals surface area contributed by atoms with Crippen molar-refractivity contribution in [1.29, 1.82) is 0 Å². The number of likely N-dealkylation sites (N-methyl/N-ethyl adjacent to an activating group) is 1. The predicted octanol–water partition coefficient (Wildman–Crippen LogP) is 2.57. The van der Waals surface area contributed by atoms with Gasteiger partial charge in [-0.3, -0.25) is 4.79 Å². The molecule has 22 heavy (non-hydrogen) atoms. The fourth-order valence-electron chi connectivity index (χ4n) is 3.21. The molecule has 2 rings (SSSR count). The summed E-state index contributed by atoms with van der Waals surface area (Å²) in [5.41, 5.74) is 6.45. The molecule has 0 aliphatic heterocycles. The summed E-state index contributed by atoms with van der Waals surface area (Å²) in [5.74, 6) is 0.0276. The van der Waals surface area contributed by atoms with Gasteiger partial charge in [-0.15, -0.1) is 0 Å². The van der Waals surface area contributed by atoms with Crippen LogP contribution in [0.5, 0.6) is 0 Å². The van der Waals surface area contributed by atoms with Crippen molar-refractivity contribution in [3.8, 4) is 0 Å². The Morgan fingerprint density at radius 1 is 1.32 bits per heavy atom. The van der Waals surface area contributed by atoms with Gasteiger partial charge in [0, 0.05) is 31.5 Å². The minimum atomic E-state index is -0.836. The number of nitrogens with two attached hydrogens (primary N) is 1. The summed E-state index contributed by atoms with van der Waals surface area (Å²) in [6, 6.07) is 10.0. The van der Waals surface area contributed by atoms with Crippen molar-refractivity contribution in [1.82, 2.24) is 4.90 Å². The summed E-state index contributed by atoms with van der Waals surface area (Å²) < 4.78 is 5.72. The Kier molecular flexibility index (Phi) is 4.93. The van der Waals surface area contributed by atoms with E-state index in [1.165, 1.54) is 0 Å². The Bertz CT molecular complexity index is 515. The summed E-state index contributed by atoms with van der Waals surface area (Å²) in [6.45, 7) is 9.95. The molecule has 1 amide bonds. The van der Waals surface area contributed by atoms with Gasteiger partial charge in [-0.25, -0.2) is 0 Å². The third-order valence-electron chi connectivity index (χ3n) is 5.10. The molecule has 0 spiro atoms. The molecular weight excluding hydrogens is 276 g/mol. The van der Waals surface area contributed by atoms with Crippen molar-refractivity contribution < 1.29 is 9.53 Å². The molecule has 1 saturated carbocycles. The van der Waals surface area contributed by atoms with Crippen molar-refractivity contribution in [3.05, 3.63) is 35.9 Å². The zero-order valence-corrected chi connectivity index (χ0v) is 14.1. The number of carbonyl (C=O) groups is 1. The van der Waals surface area contributed by atoms with Crippen LogP contribution in [0.4, 0.5) is 0 Å². The number of benzene rings is 1. The third kappa shape index (κ3) is 2.77. The summed E-state index contributed by atoms with van der Waals surface area (Å²) >= 11 is 0. The van der Waals surface area contributed by atoms with Gasteiger partial charge in [-0.1, -0.05) is 44.2 Å². The Hall–Kier alpha value is -1.39. The van der Waals surface area contributed by atoms with E-state index in [9.17, 15) is 4.79 Å². The van der Waals surface area contributed by atoms with E-state index in [2.05, 4.69) is 0 Å². The van der Waals surface area contributed by atoms with E-state index in [0.717, 1.165) is 5.56 Å². The topological polar surface area (TPSA) is 55.6 Å². The van der Waals surface area contributed by atoms with Gasteiger partial charge in [0.05, 0.1) is 6.10 Å². The highest BCUT2D eigenvalue weighted by atomic mass is 16.5. The quantitative estimate of drug-likeness (QED) is 0.879. The van der Waals surface area contributed by atoms with Crippen LogP contribution >= 0.6 is 0 Å². The van der Waals surface area contributed by atoms with E-state index in [4.69, 9.17) is 10.5 Å². The van der Waals surface area contributed by atoms with Gasteiger partial charge in [-0.05, 0) is 19.4 Å². The van der Waals surface area contributed by atoms with Crippen LogP contribution in [0, 0.1) is 5.41 Å². The first-order valence-corrected chi connectivity index (χ1v) is 8.10. The van der Waals surface area contributed by atoms with Crippen LogP contribution in [0.3, 0.4) is 0 Å². The monoisotopic (exact) mass is 304 g/mol. The highest BCUT2D eigenvalue weighted by Crippen LogP contribution is 2.50. The molecule has 4 nitrogen and oxygen atoms in total. The Balaban J connectivity index is 2.12. The number of carbonyl (C=O) groups excluding carboxylic acids is 1. The zero-order chi connectivity index (χ0) is 16.4. The van der Waals surface area contributed by atoms with Crippen LogP contribution in [0.1, 0.15) is 39.7 Å². The molecule has 1 aliphatic carbocycles. The standard InChI is InChI=1S/C18H28N2O2/c1-5-20(13-14-10-8-7-9-11-14)16(21)18(19)12-15(22-6-2)17(18,3)4/h7-11,15H,5-6,12-13,19H2,1-4H3. The molecule has 2 unspecified atom stereocenters. The van der Waals surface area contributed by atoms with Crippen LogP contribution in [-0.4, -0.2) is 35.6 Å². The molecule has 2 atom stereocenters. The van der Waals surface area contributed by atoms with Crippen molar-refractivity contribution in [2.24, 2.45) is 11.1 Å². The molecule has 2 N–H and O–H groups in total. The van der Waals surface area contributed by atoms with E-state index < -0.39 is 5.54 Å². The van der Waals surface area contributed by atoms with Crippen LogP contribution in [0.15, 0.2) is 30.3 Å². The van der Waals surface area contributed by atoms with Gasteiger partial charge in [0.1, 0.15) is 5.54 Å². The third-order valence-corrected chi connectivity index (χ3v) is 5.10. The van der Waals surface area contributed by atoms with Gasteiger partial charge in [0.25, 0.3) is 0 Å². The summed E-state index contributed by atoms with van der Waals surface area (Å²) in [5, 5.41) is 0. The van der Waals surface area contributed by atoms with Crippen LogP contribution in [0.25, 0.3) is 0 Å². The van der Waals surface area contributed by atoms with Crippen LogP contribution in [-0.2, 0) is 16.1 Å². The second-order valence-electron chi connectivity index (χ2n) is 6.65. The van der Waals surface area contributed by atoms with E-state index in [1.54, 1.807) is 0 Å². The molecule has 1 aromatic rings. The molecule has 122 valence electrons. The maximum absolute atomic E-state index is 13.0. The smallest absolute Gasteiger partial charge is 0.243 e. The number of hydrogen-bond donors (Lipinski definition) is 1. The lowest BCUT2D eigenvalue weighted by molar-refractivity contribution is -0.179. The van der Waals surface area contributed by atoms with Gasteiger partial charge < -0.3 is 15.4 Å². The fraction of sp³-hybridized carbons (Fsp3) is 0.611. The summed E-state index contributed by atoms with van der Waals surface area (Å²) in [7, 11) is 0. The molecule has 1 aromatic carbocycles. The molecule has 0 heterocycles. The van der Waals surface area contributed by atoms with Crippen molar-refractivity contribution >= 4 is 5.91 Å². The number of rotatable bonds is 6. The summed E-state index contributed by atoms with van der Waals surface area (Å²) in [4.78, 5) is 14.8.